The van der Waals surface area contributed by atoms with Gasteiger partial charge in [-0.2, -0.15) is 0 Å². The zero-order valence-corrected chi connectivity index (χ0v) is 8.37. The quantitative estimate of drug-likeness (QED) is 0.663. The second-order valence-corrected chi connectivity index (χ2v) is 3.85. The Labute approximate surface area is 81.1 Å². The lowest BCUT2D eigenvalue weighted by molar-refractivity contribution is 0.00707. The largest absolute Gasteiger partial charge is 0.378 e. The third-order valence-electron chi connectivity index (χ3n) is 2.58. The molecule has 0 aromatic rings. The third kappa shape index (κ3) is 4.44. The molecule has 0 aromatic carbocycles. The summed E-state index contributed by atoms with van der Waals surface area (Å²) in [6.07, 6.45) is 9.17. The molecule has 0 radical (unpaired) electrons. The summed E-state index contributed by atoms with van der Waals surface area (Å²) < 4.78 is 5.62. The average molecular weight is 183 g/mol. The van der Waals surface area contributed by atoms with Gasteiger partial charge >= 0.3 is 0 Å². The van der Waals surface area contributed by atoms with Gasteiger partial charge in [0, 0.05) is 12.6 Å². The smallest absolute Gasteiger partial charge is 0.0589 e. The third-order valence-corrected chi connectivity index (χ3v) is 2.58. The van der Waals surface area contributed by atoms with Crippen molar-refractivity contribution in [3.63, 3.8) is 0 Å². The van der Waals surface area contributed by atoms with Crippen molar-refractivity contribution >= 4 is 0 Å². The molecule has 1 heterocycles. The second-order valence-electron chi connectivity index (χ2n) is 3.85. The lowest BCUT2D eigenvalue weighted by Gasteiger charge is -2.25. The SMILES string of the molecule is C=CCCC(N)CC1CCCCO1. The van der Waals surface area contributed by atoms with Gasteiger partial charge in [0.25, 0.3) is 0 Å². The van der Waals surface area contributed by atoms with E-state index in [-0.39, 0.29) is 0 Å². The predicted molar refractivity (Wildman–Crippen MR) is 55.6 cm³/mol. The summed E-state index contributed by atoms with van der Waals surface area (Å²) >= 11 is 0. The Bertz CT molecular complexity index is 141. The van der Waals surface area contributed by atoms with Crippen LogP contribution in [-0.2, 0) is 4.74 Å². The molecule has 0 saturated carbocycles. The molecule has 0 spiro atoms. The van der Waals surface area contributed by atoms with Crippen LogP contribution in [0.5, 0.6) is 0 Å². The first-order chi connectivity index (χ1) is 6.33. The van der Waals surface area contributed by atoms with Crippen LogP contribution in [0.25, 0.3) is 0 Å². The van der Waals surface area contributed by atoms with Crippen molar-refractivity contribution in [1.29, 1.82) is 0 Å². The maximum Gasteiger partial charge on any atom is 0.0589 e. The maximum absolute atomic E-state index is 5.96. The Morgan fingerprint density at radius 1 is 1.54 bits per heavy atom. The van der Waals surface area contributed by atoms with Crippen LogP contribution in [0, 0.1) is 0 Å². The first-order valence-electron chi connectivity index (χ1n) is 5.31. The van der Waals surface area contributed by atoms with Crippen molar-refractivity contribution in [3.05, 3.63) is 12.7 Å². The van der Waals surface area contributed by atoms with E-state index in [0.717, 1.165) is 25.9 Å². The lowest BCUT2D eigenvalue weighted by Crippen LogP contribution is -2.29. The average Bonchev–Trinajstić information content (AvgIpc) is 2.16. The number of rotatable bonds is 5. The Hall–Kier alpha value is -0.340. The Morgan fingerprint density at radius 3 is 3.00 bits per heavy atom. The molecular formula is C11H21NO. The zero-order chi connectivity index (χ0) is 9.52. The molecule has 2 heteroatoms. The van der Waals surface area contributed by atoms with Crippen LogP contribution in [0.15, 0.2) is 12.7 Å². The standard InChI is InChI=1S/C11H21NO/c1-2-3-6-10(12)9-11-7-4-5-8-13-11/h2,10-11H,1,3-9,12H2. The van der Waals surface area contributed by atoms with E-state index in [1.54, 1.807) is 0 Å². The summed E-state index contributed by atoms with van der Waals surface area (Å²) in [5, 5.41) is 0. The van der Waals surface area contributed by atoms with Crippen molar-refractivity contribution in [3.8, 4) is 0 Å². The van der Waals surface area contributed by atoms with Crippen LogP contribution in [0.3, 0.4) is 0 Å². The summed E-state index contributed by atoms with van der Waals surface area (Å²) in [7, 11) is 0. The number of ether oxygens (including phenoxy) is 1. The number of nitrogens with two attached hydrogens (primary N) is 1. The van der Waals surface area contributed by atoms with Gasteiger partial charge in [-0.1, -0.05) is 6.08 Å². The fraction of sp³-hybridized carbons (Fsp3) is 0.818. The molecule has 2 N–H and O–H groups in total. The monoisotopic (exact) mass is 183 g/mol. The Balaban J connectivity index is 2.10. The molecule has 2 nitrogen and oxygen atoms in total. The van der Waals surface area contributed by atoms with Gasteiger partial charge in [-0.15, -0.1) is 6.58 Å². The maximum atomic E-state index is 5.96. The van der Waals surface area contributed by atoms with Gasteiger partial charge in [0.1, 0.15) is 0 Å². The van der Waals surface area contributed by atoms with Gasteiger partial charge in [-0.3, -0.25) is 0 Å². The fourth-order valence-corrected chi connectivity index (χ4v) is 1.78. The molecule has 1 fully saturated rings. The highest BCUT2D eigenvalue weighted by Crippen LogP contribution is 2.17. The van der Waals surface area contributed by atoms with E-state index < -0.39 is 0 Å². The van der Waals surface area contributed by atoms with Crippen LogP contribution in [0.4, 0.5) is 0 Å². The van der Waals surface area contributed by atoms with E-state index in [1.807, 2.05) is 6.08 Å². The van der Waals surface area contributed by atoms with Crippen molar-refractivity contribution in [1.82, 2.24) is 0 Å². The van der Waals surface area contributed by atoms with Crippen molar-refractivity contribution < 1.29 is 4.74 Å². The van der Waals surface area contributed by atoms with Crippen LogP contribution in [-0.4, -0.2) is 18.8 Å². The molecule has 0 bridgehead atoms. The van der Waals surface area contributed by atoms with E-state index in [1.165, 1.54) is 19.3 Å². The minimum absolute atomic E-state index is 0.293. The molecule has 76 valence electrons. The van der Waals surface area contributed by atoms with Crippen LogP contribution < -0.4 is 5.73 Å². The number of hydrogen-bond acceptors (Lipinski definition) is 2. The Kier molecular flexibility index (Phi) is 5.09. The summed E-state index contributed by atoms with van der Waals surface area (Å²) in [5.41, 5.74) is 5.96. The van der Waals surface area contributed by atoms with E-state index in [2.05, 4.69) is 6.58 Å². The topological polar surface area (TPSA) is 35.2 Å². The van der Waals surface area contributed by atoms with Gasteiger partial charge < -0.3 is 10.5 Å². The highest BCUT2D eigenvalue weighted by atomic mass is 16.5. The molecule has 0 aliphatic carbocycles. The molecule has 2 unspecified atom stereocenters. The molecule has 1 aliphatic rings. The predicted octanol–water partition coefficient (Wildman–Crippen LogP) is 2.24. The van der Waals surface area contributed by atoms with Gasteiger partial charge in [0.15, 0.2) is 0 Å². The molecule has 1 aliphatic heterocycles. The second kappa shape index (κ2) is 6.17. The van der Waals surface area contributed by atoms with Gasteiger partial charge in [-0.25, -0.2) is 0 Å². The van der Waals surface area contributed by atoms with Crippen molar-refractivity contribution in [2.75, 3.05) is 6.61 Å². The summed E-state index contributed by atoms with van der Waals surface area (Å²) in [4.78, 5) is 0. The summed E-state index contributed by atoms with van der Waals surface area (Å²) in [6, 6.07) is 0.293. The minimum Gasteiger partial charge on any atom is -0.378 e. The zero-order valence-electron chi connectivity index (χ0n) is 8.37. The van der Waals surface area contributed by atoms with Crippen LogP contribution in [0.2, 0.25) is 0 Å². The molecular weight excluding hydrogens is 162 g/mol. The number of allylic oxidation sites excluding steroid dienone is 1. The van der Waals surface area contributed by atoms with E-state index >= 15 is 0 Å². The highest BCUT2D eigenvalue weighted by molar-refractivity contribution is 4.75. The first kappa shape index (κ1) is 10.7. The molecule has 1 rings (SSSR count). The lowest BCUT2D eigenvalue weighted by atomic mass is 9.99. The van der Waals surface area contributed by atoms with Crippen molar-refractivity contribution in [2.24, 2.45) is 5.73 Å². The fourth-order valence-electron chi connectivity index (χ4n) is 1.78. The summed E-state index contributed by atoms with van der Waals surface area (Å²) in [5.74, 6) is 0. The highest BCUT2D eigenvalue weighted by Gasteiger charge is 2.16. The summed E-state index contributed by atoms with van der Waals surface area (Å²) in [6.45, 7) is 4.62. The van der Waals surface area contributed by atoms with Gasteiger partial charge in [0.05, 0.1) is 6.10 Å². The van der Waals surface area contributed by atoms with E-state index in [4.69, 9.17) is 10.5 Å². The van der Waals surface area contributed by atoms with Crippen LogP contribution >= 0.6 is 0 Å². The van der Waals surface area contributed by atoms with Gasteiger partial charge in [-0.05, 0) is 38.5 Å². The normalized spacial score (nSPS) is 25.5. The Morgan fingerprint density at radius 2 is 2.38 bits per heavy atom. The molecule has 0 amide bonds. The first-order valence-corrected chi connectivity index (χ1v) is 5.31. The van der Waals surface area contributed by atoms with E-state index in [9.17, 15) is 0 Å². The molecule has 13 heavy (non-hydrogen) atoms. The minimum atomic E-state index is 0.293. The van der Waals surface area contributed by atoms with Crippen molar-refractivity contribution in [2.45, 2.75) is 50.7 Å². The molecule has 1 saturated heterocycles. The molecule has 2 atom stereocenters. The number of hydrogen-bond donors (Lipinski definition) is 1. The van der Waals surface area contributed by atoms with Gasteiger partial charge in [0.2, 0.25) is 0 Å². The van der Waals surface area contributed by atoms with E-state index in [0.29, 0.717) is 12.1 Å². The van der Waals surface area contributed by atoms with Crippen LogP contribution in [0.1, 0.15) is 38.5 Å². The molecule has 0 aromatic heterocycles.